The van der Waals surface area contributed by atoms with E-state index < -0.39 is 0 Å². The van der Waals surface area contributed by atoms with Crippen molar-refractivity contribution in [2.45, 2.75) is 41.5 Å². The molecule has 0 saturated carbocycles. The summed E-state index contributed by atoms with van der Waals surface area (Å²) in [5.41, 5.74) is 9.07. The molecule has 0 atom stereocenters. The maximum atomic E-state index is 4.59. The first-order chi connectivity index (χ1) is 6.95. The second-order valence-corrected chi connectivity index (χ2v) is 4.43. The third-order valence-corrected chi connectivity index (χ3v) is 3.70. The summed E-state index contributed by atoms with van der Waals surface area (Å²) in [5.74, 6) is 0. The molecular formula is C13H18N2. The van der Waals surface area contributed by atoms with Crippen molar-refractivity contribution in [3.05, 3.63) is 33.6 Å². The van der Waals surface area contributed by atoms with Crippen LogP contribution in [0.15, 0.2) is 0 Å². The Hall–Kier alpha value is -1.31. The van der Waals surface area contributed by atoms with Gasteiger partial charge in [0, 0.05) is 5.69 Å². The fourth-order valence-electron chi connectivity index (χ4n) is 2.18. The molecule has 0 unspecified atom stereocenters. The average molecular weight is 202 g/mol. The van der Waals surface area contributed by atoms with Gasteiger partial charge in [-0.05, 0) is 63.8 Å². The van der Waals surface area contributed by atoms with E-state index in [1.54, 1.807) is 0 Å². The first kappa shape index (κ1) is 10.2. The minimum absolute atomic E-state index is 1.13. The Morgan fingerprint density at radius 2 is 1.33 bits per heavy atom. The second kappa shape index (κ2) is 3.09. The number of nitrogens with zero attached hydrogens (tertiary/aromatic N) is 2. The van der Waals surface area contributed by atoms with Crippen LogP contribution in [0.5, 0.6) is 0 Å². The summed E-state index contributed by atoms with van der Waals surface area (Å²) in [6.45, 7) is 12.9. The fourth-order valence-corrected chi connectivity index (χ4v) is 2.18. The van der Waals surface area contributed by atoms with Gasteiger partial charge in [0.05, 0.1) is 11.2 Å². The van der Waals surface area contributed by atoms with Crippen molar-refractivity contribution >= 4 is 5.52 Å². The van der Waals surface area contributed by atoms with Gasteiger partial charge in [0.15, 0.2) is 0 Å². The SMILES string of the molecule is Cc1nn2c(C)c(C)c(C)c(C)c2c1C. The number of pyridine rings is 1. The van der Waals surface area contributed by atoms with Crippen molar-refractivity contribution in [1.29, 1.82) is 0 Å². The molecule has 0 aliphatic rings. The summed E-state index contributed by atoms with van der Waals surface area (Å²) in [4.78, 5) is 0. The molecule has 2 aromatic heterocycles. The second-order valence-electron chi connectivity index (χ2n) is 4.43. The Labute approximate surface area is 90.9 Å². The topological polar surface area (TPSA) is 17.3 Å². The van der Waals surface area contributed by atoms with Crippen LogP contribution in [0.2, 0.25) is 0 Å². The Balaban J connectivity index is 3.07. The largest absolute Gasteiger partial charge is 0.237 e. The van der Waals surface area contributed by atoms with Crippen LogP contribution in [-0.2, 0) is 0 Å². The number of hydrogen-bond donors (Lipinski definition) is 0. The van der Waals surface area contributed by atoms with Crippen molar-refractivity contribution < 1.29 is 0 Å². The molecule has 0 saturated heterocycles. The average Bonchev–Trinajstić information content (AvgIpc) is 2.50. The van der Waals surface area contributed by atoms with Crippen molar-refractivity contribution in [2.75, 3.05) is 0 Å². The van der Waals surface area contributed by atoms with Crippen molar-refractivity contribution in [3.63, 3.8) is 0 Å². The van der Waals surface area contributed by atoms with Crippen LogP contribution in [0, 0.1) is 41.5 Å². The van der Waals surface area contributed by atoms with E-state index in [1.165, 1.54) is 33.5 Å². The van der Waals surface area contributed by atoms with E-state index in [4.69, 9.17) is 0 Å². The third kappa shape index (κ3) is 1.21. The molecule has 2 heterocycles. The first-order valence-corrected chi connectivity index (χ1v) is 5.37. The molecule has 0 N–H and O–H groups in total. The maximum absolute atomic E-state index is 4.59. The highest BCUT2D eigenvalue weighted by atomic mass is 15.2. The van der Waals surface area contributed by atoms with Crippen LogP contribution in [0.4, 0.5) is 0 Å². The zero-order valence-corrected chi connectivity index (χ0v) is 10.4. The van der Waals surface area contributed by atoms with E-state index in [-0.39, 0.29) is 0 Å². The highest BCUT2D eigenvalue weighted by Crippen LogP contribution is 2.25. The molecule has 0 aromatic carbocycles. The monoisotopic (exact) mass is 202 g/mol. The lowest BCUT2D eigenvalue weighted by Gasteiger charge is -2.11. The van der Waals surface area contributed by atoms with E-state index in [0.29, 0.717) is 0 Å². The van der Waals surface area contributed by atoms with Crippen LogP contribution < -0.4 is 0 Å². The zero-order chi connectivity index (χ0) is 11.3. The van der Waals surface area contributed by atoms with Gasteiger partial charge in [-0.1, -0.05) is 0 Å². The Bertz CT molecular complexity index is 548. The number of aryl methyl sites for hydroxylation is 4. The third-order valence-electron chi connectivity index (χ3n) is 3.70. The summed E-state index contributed by atoms with van der Waals surface area (Å²) < 4.78 is 2.09. The van der Waals surface area contributed by atoms with E-state index in [2.05, 4.69) is 51.2 Å². The molecule has 2 nitrogen and oxygen atoms in total. The normalized spacial score (nSPS) is 11.3. The lowest BCUT2D eigenvalue weighted by atomic mass is 10.0. The van der Waals surface area contributed by atoms with Gasteiger partial charge in [0.25, 0.3) is 0 Å². The minimum Gasteiger partial charge on any atom is -0.237 e. The Morgan fingerprint density at radius 3 is 1.93 bits per heavy atom. The van der Waals surface area contributed by atoms with Crippen LogP contribution in [0.1, 0.15) is 33.6 Å². The predicted molar refractivity (Wildman–Crippen MR) is 63.6 cm³/mol. The van der Waals surface area contributed by atoms with E-state index >= 15 is 0 Å². The highest BCUT2D eigenvalue weighted by molar-refractivity contribution is 5.65. The van der Waals surface area contributed by atoms with Gasteiger partial charge in [0.2, 0.25) is 0 Å². The van der Waals surface area contributed by atoms with Crippen LogP contribution >= 0.6 is 0 Å². The maximum Gasteiger partial charge on any atom is 0.0728 e. The van der Waals surface area contributed by atoms with Gasteiger partial charge in [-0.3, -0.25) is 0 Å². The van der Waals surface area contributed by atoms with E-state index in [9.17, 15) is 0 Å². The summed E-state index contributed by atoms with van der Waals surface area (Å²) >= 11 is 0. The zero-order valence-electron chi connectivity index (χ0n) is 10.4. The summed E-state index contributed by atoms with van der Waals surface area (Å²) in [7, 11) is 0. The highest BCUT2D eigenvalue weighted by Gasteiger charge is 2.13. The molecule has 15 heavy (non-hydrogen) atoms. The Morgan fingerprint density at radius 1 is 0.733 bits per heavy atom. The smallest absolute Gasteiger partial charge is 0.0728 e. The predicted octanol–water partition coefficient (Wildman–Crippen LogP) is 3.18. The number of aromatic nitrogens is 2. The van der Waals surface area contributed by atoms with Gasteiger partial charge in [-0.15, -0.1) is 0 Å². The van der Waals surface area contributed by atoms with Gasteiger partial charge >= 0.3 is 0 Å². The van der Waals surface area contributed by atoms with Gasteiger partial charge in [-0.25, -0.2) is 4.52 Å². The van der Waals surface area contributed by atoms with Crippen LogP contribution in [0.3, 0.4) is 0 Å². The molecule has 2 heteroatoms. The molecule has 0 radical (unpaired) electrons. The quantitative estimate of drug-likeness (QED) is 0.641. The first-order valence-electron chi connectivity index (χ1n) is 5.37. The molecule has 80 valence electrons. The summed E-state index contributed by atoms with van der Waals surface area (Å²) in [5, 5.41) is 4.59. The van der Waals surface area contributed by atoms with Crippen LogP contribution in [0.25, 0.3) is 5.52 Å². The molecule has 0 aliphatic heterocycles. The molecular weight excluding hydrogens is 184 g/mol. The van der Waals surface area contributed by atoms with E-state index in [0.717, 1.165) is 5.69 Å². The fraction of sp³-hybridized carbons (Fsp3) is 0.462. The standard InChI is InChI=1S/C13H18N2/c1-7-8(2)12(6)15-13(9(7)3)10(4)11(5)14-15/h1-6H3. The summed E-state index contributed by atoms with van der Waals surface area (Å²) in [6.07, 6.45) is 0. The molecule has 2 rings (SSSR count). The Kier molecular flexibility index (Phi) is 2.10. The van der Waals surface area contributed by atoms with Crippen molar-refractivity contribution in [1.82, 2.24) is 9.61 Å². The number of hydrogen-bond acceptors (Lipinski definition) is 1. The molecule has 2 aromatic rings. The van der Waals surface area contributed by atoms with Crippen molar-refractivity contribution in [2.24, 2.45) is 0 Å². The van der Waals surface area contributed by atoms with Gasteiger partial charge in [-0.2, -0.15) is 5.10 Å². The lowest BCUT2D eigenvalue weighted by Crippen LogP contribution is -2.02. The minimum atomic E-state index is 1.13. The number of rotatable bonds is 0. The number of fused-ring (bicyclic) bond motifs is 1. The van der Waals surface area contributed by atoms with Gasteiger partial charge < -0.3 is 0 Å². The van der Waals surface area contributed by atoms with Crippen LogP contribution in [-0.4, -0.2) is 9.61 Å². The molecule has 0 spiro atoms. The summed E-state index contributed by atoms with van der Waals surface area (Å²) in [6, 6.07) is 0. The van der Waals surface area contributed by atoms with Crippen molar-refractivity contribution in [3.8, 4) is 0 Å². The van der Waals surface area contributed by atoms with Gasteiger partial charge in [0.1, 0.15) is 0 Å². The molecule has 0 bridgehead atoms. The molecule has 0 amide bonds. The lowest BCUT2D eigenvalue weighted by molar-refractivity contribution is 0.874. The molecule has 0 aliphatic carbocycles. The van der Waals surface area contributed by atoms with E-state index in [1.807, 2.05) is 0 Å². The molecule has 0 fully saturated rings.